The molecule has 0 radical (unpaired) electrons. The van der Waals surface area contributed by atoms with Gasteiger partial charge in [-0.2, -0.15) is 0 Å². The fourth-order valence-electron chi connectivity index (χ4n) is 6.54. The summed E-state index contributed by atoms with van der Waals surface area (Å²) in [5.41, 5.74) is 10.4. The average molecular weight is 549 g/mol. The van der Waals surface area contributed by atoms with Crippen molar-refractivity contribution in [2.24, 2.45) is 17.6 Å². The number of benzene rings is 2. The number of likely N-dealkylation sites (N-methyl/N-ethyl adjacent to an activating group) is 1. The van der Waals surface area contributed by atoms with Gasteiger partial charge in [-0.3, -0.25) is 19.3 Å². The summed E-state index contributed by atoms with van der Waals surface area (Å²) in [6.07, 6.45) is 0.184. The van der Waals surface area contributed by atoms with Gasteiger partial charge in [0.2, 0.25) is 5.78 Å². The van der Waals surface area contributed by atoms with Crippen LogP contribution in [0.1, 0.15) is 22.3 Å². The number of Topliss-reactive ketones (excluding diaryl/α,β-unsaturated/α-hetero) is 2. The van der Waals surface area contributed by atoms with E-state index in [1.807, 2.05) is 43.3 Å². The molecule has 2 aromatic rings. The number of amides is 1. The summed E-state index contributed by atoms with van der Waals surface area (Å²) in [7, 11) is 7.00. The monoisotopic (exact) mass is 548 g/mol. The van der Waals surface area contributed by atoms with Crippen molar-refractivity contribution in [1.29, 1.82) is 0 Å². The minimum Gasteiger partial charge on any atom is -0.510 e. The molecule has 2 aromatic carbocycles. The highest BCUT2D eigenvalue weighted by atomic mass is 16.3. The van der Waals surface area contributed by atoms with Crippen LogP contribution in [0.4, 0.5) is 11.4 Å². The average Bonchev–Trinajstić information content (AvgIpc) is 2.88. The Bertz CT molecular complexity index is 1540. The Balaban J connectivity index is 1.72. The Kier molecular flexibility index (Phi) is 6.20. The van der Waals surface area contributed by atoms with Crippen molar-refractivity contribution < 1.29 is 34.8 Å². The molecule has 0 aliphatic heterocycles. The largest absolute Gasteiger partial charge is 0.510 e. The zero-order valence-electron chi connectivity index (χ0n) is 22.6. The van der Waals surface area contributed by atoms with E-state index in [1.54, 1.807) is 20.2 Å². The smallest absolute Gasteiger partial charge is 0.255 e. The maximum absolute atomic E-state index is 14.0. The standard InChI is InChI=1S/C29H32N4O7/c1-32(2)14-7-5-12(6-8-14)15-11-18(30)23(34)20-16(15)9-13-10-17-22(33(3)4)25(36)21(28(31)39)27(38)29(17,40)26(37)19(13)24(20)35/h5-8,11,13,17,22,34,36-37,40H,9-10,30H2,1-4H3,(H2,31,39)/t13-,17-,22-,29+/m1/s1. The molecule has 1 amide bonds. The van der Waals surface area contributed by atoms with Crippen LogP contribution in [0.5, 0.6) is 5.75 Å². The predicted octanol–water partition coefficient (Wildman–Crippen LogP) is 1.44. The lowest BCUT2D eigenvalue weighted by Crippen LogP contribution is -2.63. The van der Waals surface area contributed by atoms with Crippen molar-refractivity contribution in [2.75, 3.05) is 38.8 Å². The molecule has 4 atom stereocenters. The number of aromatic hydroxyl groups is 1. The first-order valence-electron chi connectivity index (χ1n) is 12.8. The van der Waals surface area contributed by atoms with Crippen LogP contribution >= 0.6 is 0 Å². The first kappa shape index (κ1) is 27.2. The molecule has 0 unspecified atom stereocenters. The number of phenols is 1. The minimum atomic E-state index is -2.69. The van der Waals surface area contributed by atoms with Gasteiger partial charge in [0.15, 0.2) is 11.4 Å². The van der Waals surface area contributed by atoms with Crippen LogP contribution in [0, 0.1) is 11.8 Å². The summed E-state index contributed by atoms with van der Waals surface area (Å²) >= 11 is 0. The number of aliphatic hydroxyl groups is 3. The number of hydrogen-bond acceptors (Lipinski definition) is 10. The number of phenolic OH excluding ortho intramolecular Hbond substituents is 1. The van der Waals surface area contributed by atoms with Gasteiger partial charge in [-0.1, -0.05) is 12.1 Å². The number of fused-ring (bicyclic) bond motifs is 3. The number of allylic oxidation sites excluding steroid dienone is 1. The zero-order valence-corrected chi connectivity index (χ0v) is 22.6. The quantitative estimate of drug-likeness (QED) is 0.185. The van der Waals surface area contributed by atoms with Gasteiger partial charge < -0.3 is 36.8 Å². The maximum atomic E-state index is 14.0. The Morgan fingerprint density at radius 2 is 1.68 bits per heavy atom. The Morgan fingerprint density at radius 3 is 2.23 bits per heavy atom. The fraction of sp³-hybridized carbons (Fsp3) is 0.345. The number of hydrogen-bond donors (Lipinski definition) is 6. The van der Waals surface area contributed by atoms with E-state index >= 15 is 0 Å². The van der Waals surface area contributed by atoms with Crippen LogP contribution in [0.15, 0.2) is 53.0 Å². The van der Waals surface area contributed by atoms with Gasteiger partial charge in [0.1, 0.15) is 22.8 Å². The van der Waals surface area contributed by atoms with Gasteiger partial charge in [0.05, 0.1) is 17.3 Å². The molecule has 0 bridgehead atoms. The summed E-state index contributed by atoms with van der Waals surface area (Å²) in [6, 6.07) is 8.13. The lowest BCUT2D eigenvalue weighted by atomic mass is 9.58. The van der Waals surface area contributed by atoms with Crippen molar-refractivity contribution in [3.05, 3.63) is 64.1 Å². The highest BCUT2D eigenvalue weighted by molar-refractivity contribution is 6.25. The number of ketones is 2. The minimum absolute atomic E-state index is 0.00983. The number of primary amides is 1. The first-order chi connectivity index (χ1) is 18.7. The van der Waals surface area contributed by atoms with Crippen molar-refractivity contribution >= 4 is 28.8 Å². The van der Waals surface area contributed by atoms with Crippen LogP contribution < -0.4 is 16.4 Å². The second kappa shape index (κ2) is 9.10. The lowest BCUT2D eigenvalue weighted by Gasteiger charge is -2.50. The van der Waals surface area contributed by atoms with Crippen LogP contribution in [0.2, 0.25) is 0 Å². The molecule has 3 aliphatic carbocycles. The van der Waals surface area contributed by atoms with Gasteiger partial charge in [0, 0.05) is 31.3 Å². The number of nitrogens with two attached hydrogens (primary N) is 2. The molecular formula is C29H32N4O7. The summed E-state index contributed by atoms with van der Waals surface area (Å²) in [4.78, 5) is 42.9. The molecule has 40 heavy (non-hydrogen) atoms. The molecule has 0 spiro atoms. The van der Waals surface area contributed by atoms with E-state index in [1.165, 1.54) is 4.90 Å². The number of nitrogen functional groups attached to an aromatic ring is 1. The Hall–Kier alpha value is -4.35. The summed E-state index contributed by atoms with van der Waals surface area (Å²) in [6.45, 7) is 0. The topological polar surface area (TPSA) is 191 Å². The highest BCUT2D eigenvalue weighted by Crippen LogP contribution is 2.53. The molecule has 0 aromatic heterocycles. The zero-order chi connectivity index (χ0) is 29.4. The van der Waals surface area contributed by atoms with Crippen LogP contribution in [-0.4, -0.2) is 82.6 Å². The SMILES string of the molecule is CN(C)c1ccc(-c2cc(N)c(O)c3c2C[C@@H]2C[C@@H]4[C@@H](N(C)C)C(O)=C(C(N)=O)C(=O)[C@@]4(O)C(O)=C2C3=O)cc1. The molecule has 0 heterocycles. The number of anilines is 2. The second-order valence-corrected chi connectivity index (χ2v) is 11.1. The van der Waals surface area contributed by atoms with Crippen LogP contribution in [0.25, 0.3) is 11.1 Å². The van der Waals surface area contributed by atoms with Crippen LogP contribution in [0.3, 0.4) is 0 Å². The van der Waals surface area contributed by atoms with E-state index in [4.69, 9.17) is 11.5 Å². The molecule has 11 heteroatoms. The van der Waals surface area contributed by atoms with Crippen molar-refractivity contribution in [1.82, 2.24) is 4.90 Å². The van der Waals surface area contributed by atoms with E-state index < -0.39 is 63.8 Å². The van der Waals surface area contributed by atoms with E-state index in [0.717, 1.165) is 11.3 Å². The third kappa shape index (κ3) is 3.61. The summed E-state index contributed by atoms with van der Waals surface area (Å²) in [5, 5.41) is 45.0. The molecular weight excluding hydrogens is 516 g/mol. The number of carbonyl (C=O) groups excluding carboxylic acids is 3. The first-order valence-corrected chi connectivity index (χ1v) is 12.8. The second-order valence-electron chi connectivity index (χ2n) is 11.1. The molecule has 8 N–H and O–H groups in total. The Labute approximate surface area is 230 Å². The number of carbonyl (C=O) groups is 3. The molecule has 0 saturated heterocycles. The van der Waals surface area contributed by atoms with Gasteiger partial charge in [-0.05, 0) is 67.7 Å². The normalized spacial score (nSPS) is 26.0. The van der Waals surface area contributed by atoms with Crippen molar-refractivity contribution in [3.63, 3.8) is 0 Å². The van der Waals surface area contributed by atoms with Crippen LogP contribution in [-0.2, 0) is 16.0 Å². The molecule has 3 aliphatic rings. The summed E-state index contributed by atoms with van der Waals surface area (Å²) in [5.74, 6) is -7.07. The summed E-state index contributed by atoms with van der Waals surface area (Å²) < 4.78 is 0. The van der Waals surface area contributed by atoms with Gasteiger partial charge in [0.25, 0.3) is 5.91 Å². The molecule has 0 saturated carbocycles. The number of nitrogens with zero attached hydrogens (tertiary/aromatic N) is 2. The van der Waals surface area contributed by atoms with Gasteiger partial charge in [-0.15, -0.1) is 0 Å². The van der Waals surface area contributed by atoms with Gasteiger partial charge >= 0.3 is 0 Å². The fourth-order valence-corrected chi connectivity index (χ4v) is 6.54. The molecule has 210 valence electrons. The highest BCUT2D eigenvalue weighted by Gasteiger charge is 2.63. The van der Waals surface area contributed by atoms with E-state index in [9.17, 15) is 34.8 Å². The molecule has 0 fully saturated rings. The maximum Gasteiger partial charge on any atom is 0.255 e. The molecule has 11 nitrogen and oxygen atoms in total. The third-order valence-corrected chi connectivity index (χ3v) is 8.45. The van der Waals surface area contributed by atoms with E-state index in [-0.39, 0.29) is 29.7 Å². The lowest BCUT2D eigenvalue weighted by molar-refractivity contribution is -0.148. The predicted molar refractivity (Wildman–Crippen MR) is 148 cm³/mol. The Morgan fingerprint density at radius 1 is 1.05 bits per heavy atom. The third-order valence-electron chi connectivity index (χ3n) is 8.45. The van der Waals surface area contributed by atoms with Crippen molar-refractivity contribution in [3.8, 4) is 16.9 Å². The van der Waals surface area contributed by atoms with Gasteiger partial charge in [-0.25, -0.2) is 0 Å². The van der Waals surface area contributed by atoms with E-state index in [0.29, 0.717) is 11.1 Å². The van der Waals surface area contributed by atoms with E-state index in [2.05, 4.69) is 0 Å². The number of aliphatic hydroxyl groups excluding tert-OH is 2. The molecule has 5 rings (SSSR count). The number of rotatable bonds is 4. The van der Waals surface area contributed by atoms with Crippen molar-refractivity contribution in [2.45, 2.75) is 24.5 Å².